The molecule has 1 fully saturated rings. The molecule has 0 radical (unpaired) electrons. The van der Waals surface area contributed by atoms with Crippen LogP contribution in [0.25, 0.3) is 0 Å². The minimum absolute atomic E-state index is 0.332. The third kappa shape index (κ3) is 4.69. The normalized spacial score (nSPS) is 18.8. The number of aliphatic hydroxyl groups excluding tert-OH is 1. The molecular formula is C16H25NO3. The summed E-state index contributed by atoms with van der Waals surface area (Å²) in [5.41, 5.74) is 0. The van der Waals surface area contributed by atoms with Crippen LogP contribution in [0.4, 0.5) is 0 Å². The fourth-order valence-electron chi connectivity index (χ4n) is 2.46. The first-order chi connectivity index (χ1) is 9.67. The number of hydrogen-bond acceptors (Lipinski definition) is 4. The third-order valence-corrected chi connectivity index (χ3v) is 3.85. The van der Waals surface area contributed by atoms with Crippen LogP contribution in [0.3, 0.4) is 0 Å². The number of β-amino-alcohol motifs (C(OH)–C–C–N with tert-alkyl or cyclic N) is 1. The lowest BCUT2D eigenvalue weighted by Crippen LogP contribution is -2.40. The van der Waals surface area contributed by atoms with Crippen LogP contribution in [-0.4, -0.2) is 49.5 Å². The molecule has 4 heteroatoms. The van der Waals surface area contributed by atoms with Crippen molar-refractivity contribution in [3.8, 4) is 11.5 Å². The molecule has 0 saturated carbocycles. The number of piperidine rings is 1. The molecule has 112 valence electrons. The molecule has 0 aliphatic carbocycles. The molecule has 1 atom stereocenters. The van der Waals surface area contributed by atoms with Crippen LogP contribution in [0, 0.1) is 5.92 Å². The molecule has 0 spiro atoms. The predicted molar refractivity (Wildman–Crippen MR) is 79.3 cm³/mol. The van der Waals surface area contributed by atoms with Crippen LogP contribution in [0.1, 0.15) is 19.8 Å². The maximum absolute atomic E-state index is 10.0. The van der Waals surface area contributed by atoms with Crippen LogP contribution in [0.5, 0.6) is 11.5 Å². The number of aliphatic hydroxyl groups is 1. The second-order valence-electron chi connectivity index (χ2n) is 5.62. The molecule has 1 saturated heterocycles. The highest BCUT2D eigenvalue weighted by Gasteiger charge is 2.18. The van der Waals surface area contributed by atoms with Crippen molar-refractivity contribution in [1.29, 1.82) is 0 Å². The van der Waals surface area contributed by atoms with Gasteiger partial charge in [0.2, 0.25) is 0 Å². The molecule has 0 unspecified atom stereocenters. The van der Waals surface area contributed by atoms with Crippen LogP contribution in [0.15, 0.2) is 24.3 Å². The van der Waals surface area contributed by atoms with E-state index in [1.54, 1.807) is 7.11 Å². The largest absolute Gasteiger partial charge is 0.497 e. The number of hydrogen-bond donors (Lipinski definition) is 1. The zero-order valence-electron chi connectivity index (χ0n) is 12.4. The molecule has 2 rings (SSSR count). The molecule has 1 N–H and O–H groups in total. The monoisotopic (exact) mass is 279 g/mol. The van der Waals surface area contributed by atoms with E-state index in [9.17, 15) is 5.11 Å². The van der Waals surface area contributed by atoms with Gasteiger partial charge in [-0.15, -0.1) is 0 Å². The zero-order valence-corrected chi connectivity index (χ0v) is 12.4. The van der Waals surface area contributed by atoms with Gasteiger partial charge < -0.3 is 19.5 Å². The highest BCUT2D eigenvalue weighted by Crippen LogP contribution is 2.18. The smallest absolute Gasteiger partial charge is 0.119 e. The first-order valence-electron chi connectivity index (χ1n) is 7.34. The second kappa shape index (κ2) is 7.50. The van der Waals surface area contributed by atoms with E-state index in [1.807, 2.05) is 24.3 Å². The SMILES string of the molecule is COc1ccc(OC[C@H](O)CN2CCC(C)CC2)cc1. The second-order valence-corrected chi connectivity index (χ2v) is 5.62. The van der Waals surface area contributed by atoms with Gasteiger partial charge >= 0.3 is 0 Å². The fourth-order valence-corrected chi connectivity index (χ4v) is 2.46. The molecule has 0 amide bonds. The summed E-state index contributed by atoms with van der Waals surface area (Å²) in [4.78, 5) is 2.32. The first kappa shape index (κ1) is 15.1. The third-order valence-electron chi connectivity index (χ3n) is 3.85. The van der Waals surface area contributed by atoms with Crippen molar-refractivity contribution < 1.29 is 14.6 Å². The molecule has 1 aromatic rings. The van der Waals surface area contributed by atoms with Crippen molar-refractivity contribution in [3.63, 3.8) is 0 Å². The van der Waals surface area contributed by atoms with Gasteiger partial charge in [0.1, 0.15) is 24.2 Å². The topological polar surface area (TPSA) is 41.9 Å². The van der Waals surface area contributed by atoms with Crippen molar-refractivity contribution in [2.24, 2.45) is 5.92 Å². The Morgan fingerprint density at radius 1 is 1.20 bits per heavy atom. The van der Waals surface area contributed by atoms with Crippen molar-refractivity contribution >= 4 is 0 Å². The Morgan fingerprint density at radius 2 is 1.80 bits per heavy atom. The van der Waals surface area contributed by atoms with Crippen LogP contribution >= 0.6 is 0 Å². The Balaban J connectivity index is 1.70. The summed E-state index contributed by atoms with van der Waals surface area (Å²) >= 11 is 0. The van der Waals surface area contributed by atoms with E-state index >= 15 is 0 Å². The number of ether oxygens (including phenoxy) is 2. The Kier molecular flexibility index (Phi) is 5.68. The number of rotatable bonds is 6. The van der Waals surface area contributed by atoms with Crippen molar-refractivity contribution in [1.82, 2.24) is 4.90 Å². The molecule has 1 heterocycles. The quantitative estimate of drug-likeness (QED) is 0.866. The maximum atomic E-state index is 10.0. The van der Waals surface area contributed by atoms with E-state index in [2.05, 4.69) is 11.8 Å². The standard InChI is InChI=1S/C16H25NO3/c1-13-7-9-17(10-8-13)11-14(18)12-20-16-5-3-15(19-2)4-6-16/h3-6,13-14,18H,7-12H2,1-2H3/t14-/m1/s1. The number of likely N-dealkylation sites (tertiary alicyclic amines) is 1. The minimum atomic E-state index is -0.439. The molecule has 1 aliphatic rings. The lowest BCUT2D eigenvalue weighted by atomic mass is 9.99. The zero-order chi connectivity index (χ0) is 14.4. The number of benzene rings is 1. The summed E-state index contributed by atoms with van der Waals surface area (Å²) in [6, 6.07) is 7.42. The number of nitrogens with zero attached hydrogens (tertiary/aromatic N) is 1. The molecule has 0 aromatic heterocycles. The van der Waals surface area contributed by atoms with Gasteiger partial charge in [0.05, 0.1) is 7.11 Å². The molecular weight excluding hydrogens is 254 g/mol. The van der Waals surface area contributed by atoms with E-state index in [1.165, 1.54) is 12.8 Å². The van der Waals surface area contributed by atoms with Gasteiger partial charge in [-0.05, 0) is 56.1 Å². The van der Waals surface area contributed by atoms with E-state index < -0.39 is 6.10 Å². The van der Waals surface area contributed by atoms with Gasteiger partial charge in [-0.2, -0.15) is 0 Å². The van der Waals surface area contributed by atoms with Gasteiger partial charge in [-0.25, -0.2) is 0 Å². The average molecular weight is 279 g/mol. The van der Waals surface area contributed by atoms with Gasteiger partial charge in [0, 0.05) is 6.54 Å². The first-order valence-corrected chi connectivity index (χ1v) is 7.34. The summed E-state index contributed by atoms with van der Waals surface area (Å²) in [5, 5.41) is 10.0. The van der Waals surface area contributed by atoms with Crippen molar-refractivity contribution in [2.45, 2.75) is 25.9 Å². The highest BCUT2D eigenvalue weighted by atomic mass is 16.5. The van der Waals surface area contributed by atoms with E-state index in [0.717, 1.165) is 30.5 Å². The summed E-state index contributed by atoms with van der Waals surface area (Å²) in [6.45, 7) is 5.49. The molecule has 1 aliphatic heterocycles. The Hall–Kier alpha value is -1.26. The molecule has 1 aromatic carbocycles. The Labute approximate surface area is 121 Å². The fraction of sp³-hybridized carbons (Fsp3) is 0.625. The minimum Gasteiger partial charge on any atom is -0.497 e. The van der Waals surface area contributed by atoms with Crippen LogP contribution in [-0.2, 0) is 0 Å². The summed E-state index contributed by atoms with van der Waals surface area (Å²) in [6.07, 6.45) is 2.02. The summed E-state index contributed by atoms with van der Waals surface area (Å²) in [5.74, 6) is 2.39. The van der Waals surface area contributed by atoms with Gasteiger partial charge in [-0.3, -0.25) is 0 Å². The lowest BCUT2D eigenvalue weighted by molar-refractivity contribution is 0.0563. The van der Waals surface area contributed by atoms with E-state index in [0.29, 0.717) is 13.2 Å². The molecule has 0 bridgehead atoms. The molecule has 20 heavy (non-hydrogen) atoms. The Morgan fingerprint density at radius 3 is 2.40 bits per heavy atom. The van der Waals surface area contributed by atoms with Gasteiger partial charge in [-0.1, -0.05) is 6.92 Å². The van der Waals surface area contributed by atoms with Crippen LogP contribution < -0.4 is 9.47 Å². The van der Waals surface area contributed by atoms with Crippen molar-refractivity contribution in [2.75, 3.05) is 33.4 Å². The van der Waals surface area contributed by atoms with E-state index in [-0.39, 0.29) is 0 Å². The average Bonchev–Trinajstić information content (AvgIpc) is 2.48. The highest BCUT2D eigenvalue weighted by molar-refractivity contribution is 5.31. The van der Waals surface area contributed by atoms with E-state index in [4.69, 9.17) is 9.47 Å². The summed E-state index contributed by atoms with van der Waals surface area (Å²) in [7, 11) is 1.64. The summed E-state index contributed by atoms with van der Waals surface area (Å²) < 4.78 is 10.7. The molecule has 4 nitrogen and oxygen atoms in total. The Bertz CT molecular complexity index is 385. The number of methoxy groups -OCH3 is 1. The van der Waals surface area contributed by atoms with Gasteiger partial charge in [0.15, 0.2) is 0 Å². The van der Waals surface area contributed by atoms with Crippen LogP contribution in [0.2, 0.25) is 0 Å². The lowest BCUT2D eigenvalue weighted by Gasteiger charge is -2.31. The van der Waals surface area contributed by atoms with Crippen molar-refractivity contribution in [3.05, 3.63) is 24.3 Å². The maximum Gasteiger partial charge on any atom is 0.119 e. The predicted octanol–water partition coefficient (Wildman–Crippen LogP) is 2.17. The van der Waals surface area contributed by atoms with Gasteiger partial charge in [0.25, 0.3) is 0 Å².